The molecule has 1 aromatic heterocycles. The molecule has 1 amide bonds. The number of nitrogens with zero attached hydrogens (tertiary/aromatic N) is 2. The Labute approximate surface area is 117 Å². The molecule has 0 bridgehead atoms. The molecule has 0 saturated carbocycles. The smallest absolute Gasteiger partial charge is 0.292 e. The zero-order valence-electron chi connectivity index (χ0n) is 11.3. The quantitative estimate of drug-likeness (QED) is 0.841. The molecule has 1 aromatic carbocycles. The molecule has 1 aliphatic rings. The van der Waals surface area contributed by atoms with E-state index in [0.717, 1.165) is 5.56 Å². The van der Waals surface area contributed by atoms with E-state index in [1.54, 1.807) is 17.9 Å². The van der Waals surface area contributed by atoms with E-state index in [1.165, 1.54) is 0 Å². The van der Waals surface area contributed by atoms with Crippen molar-refractivity contribution >= 4 is 5.91 Å². The van der Waals surface area contributed by atoms with E-state index >= 15 is 0 Å². The zero-order chi connectivity index (χ0) is 13.9. The van der Waals surface area contributed by atoms with Gasteiger partial charge in [0.2, 0.25) is 5.76 Å². The second-order valence-electron chi connectivity index (χ2n) is 4.85. The third kappa shape index (κ3) is 2.58. The lowest BCUT2D eigenvalue weighted by molar-refractivity contribution is -0.0240. The number of rotatable bonds is 2. The van der Waals surface area contributed by atoms with E-state index in [0.29, 0.717) is 25.4 Å². The van der Waals surface area contributed by atoms with Gasteiger partial charge in [-0.2, -0.15) is 0 Å². The molecule has 1 aliphatic heterocycles. The van der Waals surface area contributed by atoms with Crippen LogP contribution in [0.5, 0.6) is 0 Å². The molecule has 1 unspecified atom stereocenters. The van der Waals surface area contributed by atoms with Gasteiger partial charge in [0.05, 0.1) is 18.8 Å². The average molecular weight is 272 g/mol. The van der Waals surface area contributed by atoms with Gasteiger partial charge in [0.25, 0.3) is 5.91 Å². The number of ether oxygens (including phenoxy) is 1. The minimum Gasteiger partial charge on any atom is -0.370 e. The molecule has 0 aliphatic carbocycles. The number of hydrogen-bond acceptors (Lipinski definition) is 4. The van der Waals surface area contributed by atoms with E-state index in [-0.39, 0.29) is 17.8 Å². The molecule has 5 nitrogen and oxygen atoms in total. The lowest BCUT2D eigenvalue weighted by Gasteiger charge is -2.32. The molecule has 2 heterocycles. The molecule has 104 valence electrons. The lowest BCUT2D eigenvalue weighted by Crippen LogP contribution is -2.42. The Morgan fingerprint density at radius 3 is 2.85 bits per heavy atom. The van der Waals surface area contributed by atoms with Gasteiger partial charge in [-0.1, -0.05) is 35.5 Å². The highest BCUT2D eigenvalue weighted by atomic mass is 16.5. The summed E-state index contributed by atoms with van der Waals surface area (Å²) in [6.45, 7) is 3.43. The molecular formula is C15H16N2O3. The van der Waals surface area contributed by atoms with Crippen LogP contribution in [-0.4, -0.2) is 35.7 Å². The van der Waals surface area contributed by atoms with Crippen molar-refractivity contribution in [3.8, 4) is 0 Å². The maximum absolute atomic E-state index is 12.3. The normalized spacial score (nSPS) is 19.1. The number of carbonyl (C=O) groups excluding carboxylic acids is 1. The predicted octanol–water partition coefficient (Wildman–Crippen LogP) is 2.20. The van der Waals surface area contributed by atoms with Gasteiger partial charge in [0, 0.05) is 12.6 Å². The monoisotopic (exact) mass is 272 g/mol. The minimum absolute atomic E-state index is 0.0853. The second-order valence-corrected chi connectivity index (χ2v) is 4.85. The predicted molar refractivity (Wildman–Crippen MR) is 72.3 cm³/mol. The maximum atomic E-state index is 12.3. The molecule has 20 heavy (non-hydrogen) atoms. The van der Waals surface area contributed by atoms with Gasteiger partial charge >= 0.3 is 0 Å². The van der Waals surface area contributed by atoms with Crippen molar-refractivity contribution in [2.75, 3.05) is 19.7 Å². The van der Waals surface area contributed by atoms with E-state index in [2.05, 4.69) is 5.16 Å². The van der Waals surface area contributed by atoms with Crippen LogP contribution < -0.4 is 0 Å². The van der Waals surface area contributed by atoms with Crippen molar-refractivity contribution in [3.05, 3.63) is 53.4 Å². The summed E-state index contributed by atoms with van der Waals surface area (Å²) in [5.41, 5.74) is 1.79. The number of amides is 1. The van der Waals surface area contributed by atoms with Gasteiger partial charge < -0.3 is 14.2 Å². The van der Waals surface area contributed by atoms with Gasteiger partial charge in [-0.3, -0.25) is 4.79 Å². The molecule has 5 heteroatoms. The van der Waals surface area contributed by atoms with E-state index < -0.39 is 0 Å². The first-order valence-electron chi connectivity index (χ1n) is 6.63. The Balaban J connectivity index is 1.74. The molecule has 3 rings (SSSR count). The molecule has 0 N–H and O–H groups in total. The number of aryl methyl sites for hydroxylation is 1. The van der Waals surface area contributed by atoms with Crippen LogP contribution in [0.25, 0.3) is 0 Å². The highest BCUT2D eigenvalue weighted by molar-refractivity contribution is 5.91. The van der Waals surface area contributed by atoms with Crippen molar-refractivity contribution in [1.82, 2.24) is 10.1 Å². The van der Waals surface area contributed by atoms with Crippen molar-refractivity contribution in [2.24, 2.45) is 0 Å². The highest BCUT2D eigenvalue weighted by Gasteiger charge is 2.27. The summed E-state index contributed by atoms with van der Waals surface area (Å²) >= 11 is 0. The summed E-state index contributed by atoms with van der Waals surface area (Å²) in [6, 6.07) is 11.6. The molecule has 1 fully saturated rings. The van der Waals surface area contributed by atoms with Crippen LogP contribution >= 0.6 is 0 Å². The third-order valence-electron chi connectivity index (χ3n) is 3.36. The Bertz CT molecular complexity index is 594. The van der Waals surface area contributed by atoms with Crippen LogP contribution in [-0.2, 0) is 4.74 Å². The van der Waals surface area contributed by atoms with Crippen molar-refractivity contribution < 1.29 is 14.1 Å². The molecule has 1 atom stereocenters. The molecule has 1 saturated heterocycles. The summed E-state index contributed by atoms with van der Waals surface area (Å²) in [5.74, 6) is 0.158. The fourth-order valence-electron chi connectivity index (χ4n) is 2.32. The fourth-order valence-corrected chi connectivity index (χ4v) is 2.32. The topological polar surface area (TPSA) is 55.6 Å². The first kappa shape index (κ1) is 12.9. The first-order valence-corrected chi connectivity index (χ1v) is 6.63. The van der Waals surface area contributed by atoms with Crippen LogP contribution in [0.3, 0.4) is 0 Å². The number of morpholine rings is 1. The van der Waals surface area contributed by atoms with Gasteiger partial charge in [-0.25, -0.2) is 0 Å². The number of carbonyl (C=O) groups is 1. The summed E-state index contributed by atoms with van der Waals surface area (Å²) in [4.78, 5) is 14.1. The van der Waals surface area contributed by atoms with Gasteiger partial charge in [-0.05, 0) is 12.5 Å². The molecule has 0 spiro atoms. The Kier molecular flexibility index (Phi) is 3.52. The lowest BCUT2D eigenvalue weighted by atomic mass is 10.1. The standard InChI is InChI=1S/C15H16N2O3/c1-11-9-13(20-16-11)15(18)17-7-8-19-14(10-17)12-5-3-2-4-6-12/h2-6,9,14H,7-8,10H2,1H3. The summed E-state index contributed by atoms with van der Waals surface area (Å²) in [6.07, 6.45) is -0.0853. The fraction of sp³-hybridized carbons (Fsp3) is 0.333. The van der Waals surface area contributed by atoms with Crippen LogP contribution in [0.15, 0.2) is 40.9 Å². The maximum Gasteiger partial charge on any atom is 0.292 e. The molecule has 0 radical (unpaired) electrons. The van der Waals surface area contributed by atoms with E-state index in [1.807, 2.05) is 30.3 Å². The summed E-state index contributed by atoms with van der Waals surface area (Å²) < 4.78 is 10.8. The van der Waals surface area contributed by atoms with Gasteiger partial charge in [-0.15, -0.1) is 0 Å². The Morgan fingerprint density at radius 1 is 1.35 bits per heavy atom. The minimum atomic E-state index is -0.130. The van der Waals surface area contributed by atoms with E-state index in [4.69, 9.17) is 9.26 Å². The number of aromatic nitrogens is 1. The zero-order valence-corrected chi connectivity index (χ0v) is 11.3. The summed E-state index contributed by atoms with van der Waals surface area (Å²) in [5, 5.41) is 3.76. The highest BCUT2D eigenvalue weighted by Crippen LogP contribution is 2.23. The number of benzene rings is 1. The molecular weight excluding hydrogens is 256 g/mol. The van der Waals surface area contributed by atoms with Crippen LogP contribution in [0.4, 0.5) is 0 Å². The average Bonchev–Trinajstić information content (AvgIpc) is 2.94. The van der Waals surface area contributed by atoms with Gasteiger partial charge in [0.1, 0.15) is 6.10 Å². The summed E-state index contributed by atoms with van der Waals surface area (Å²) in [7, 11) is 0. The van der Waals surface area contributed by atoms with Crippen LogP contribution in [0.2, 0.25) is 0 Å². The third-order valence-corrected chi connectivity index (χ3v) is 3.36. The largest absolute Gasteiger partial charge is 0.370 e. The first-order chi connectivity index (χ1) is 9.74. The molecule has 2 aromatic rings. The second kappa shape index (κ2) is 5.46. The van der Waals surface area contributed by atoms with Crippen molar-refractivity contribution in [1.29, 1.82) is 0 Å². The van der Waals surface area contributed by atoms with Crippen LogP contribution in [0.1, 0.15) is 27.9 Å². The van der Waals surface area contributed by atoms with Crippen molar-refractivity contribution in [3.63, 3.8) is 0 Å². The Hall–Kier alpha value is -2.14. The number of hydrogen-bond donors (Lipinski definition) is 0. The van der Waals surface area contributed by atoms with Crippen LogP contribution in [0, 0.1) is 6.92 Å². The van der Waals surface area contributed by atoms with E-state index in [9.17, 15) is 4.79 Å². The Morgan fingerprint density at radius 2 is 2.15 bits per heavy atom. The van der Waals surface area contributed by atoms with Gasteiger partial charge in [0.15, 0.2) is 0 Å². The SMILES string of the molecule is Cc1cc(C(=O)N2CCOC(c3ccccc3)C2)on1. The van der Waals surface area contributed by atoms with Crippen molar-refractivity contribution in [2.45, 2.75) is 13.0 Å².